The van der Waals surface area contributed by atoms with E-state index in [-0.39, 0.29) is 0 Å². The Morgan fingerprint density at radius 1 is 1.19 bits per heavy atom. The lowest BCUT2D eigenvalue weighted by Crippen LogP contribution is -2.21. The third-order valence-corrected chi connectivity index (χ3v) is 4.01. The van der Waals surface area contributed by atoms with Crippen LogP contribution < -0.4 is 4.90 Å². The van der Waals surface area contributed by atoms with E-state index in [1.54, 1.807) is 6.92 Å². The summed E-state index contributed by atoms with van der Waals surface area (Å²) in [5.41, 5.74) is 3.14. The van der Waals surface area contributed by atoms with E-state index >= 15 is 0 Å². The van der Waals surface area contributed by atoms with Gasteiger partial charge in [-0.2, -0.15) is 9.64 Å². The molecule has 2 rings (SSSR count). The Kier molecular flexibility index (Phi) is 5.01. The summed E-state index contributed by atoms with van der Waals surface area (Å²) in [6, 6.07) is 10.0. The van der Waals surface area contributed by atoms with Crippen LogP contribution in [0.2, 0.25) is 0 Å². The molecule has 108 valence electrons. The topological polar surface area (TPSA) is 64.6 Å². The van der Waals surface area contributed by atoms with Gasteiger partial charge in [0.25, 0.3) is 0 Å². The molecule has 2 aromatic rings. The van der Waals surface area contributed by atoms with Crippen molar-refractivity contribution < 1.29 is 0 Å². The van der Waals surface area contributed by atoms with Crippen molar-refractivity contribution in [3.8, 4) is 6.07 Å². The van der Waals surface area contributed by atoms with Gasteiger partial charge in [0, 0.05) is 18.8 Å². The summed E-state index contributed by atoms with van der Waals surface area (Å²) in [5, 5.41) is 17.9. The van der Waals surface area contributed by atoms with Crippen LogP contribution in [-0.2, 0) is 0 Å². The van der Waals surface area contributed by atoms with Crippen LogP contribution in [0.5, 0.6) is 0 Å². The third kappa shape index (κ3) is 3.44. The van der Waals surface area contributed by atoms with E-state index in [1.165, 1.54) is 17.2 Å². The first-order chi connectivity index (χ1) is 10.2. The van der Waals surface area contributed by atoms with Crippen LogP contribution in [-0.4, -0.2) is 17.5 Å². The largest absolute Gasteiger partial charge is 0.372 e. The van der Waals surface area contributed by atoms with E-state index in [0.29, 0.717) is 16.3 Å². The Balaban J connectivity index is 2.17. The average molecular weight is 299 g/mol. The number of azo groups is 1. The van der Waals surface area contributed by atoms with Crippen LogP contribution in [0.25, 0.3) is 0 Å². The van der Waals surface area contributed by atoms with E-state index < -0.39 is 0 Å². The molecular formula is C15H17N5S. The smallest absolute Gasteiger partial charge is 0.176 e. The van der Waals surface area contributed by atoms with Crippen LogP contribution in [0.15, 0.2) is 34.5 Å². The highest BCUT2D eigenvalue weighted by Crippen LogP contribution is 2.29. The number of rotatable bonds is 5. The molecule has 0 amide bonds. The second-order valence-corrected chi connectivity index (χ2v) is 5.20. The average Bonchev–Trinajstić information content (AvgIpc) is 2.87. The Morgan fingerprint density at radius 3 is 2.43 bits per heavy atom. The number of hydrogen-bond donors (Lipinski definition) is 0. The summed E-state index contributed by atoms with van der Waals surface area (Å²) < 4.78 is 4.12. The molecule has 0 saturated carbocycles. The van der Waals surface area contributed by atoms with Crippen molar-refractivity contribution in [2.24, 2.45) is 10.2 Å². The Hall–Kier alpha value is -2.26. The lowest BCUT2D eigenvalue weighted by molar-refractivity contribution is 0.866. The van der Waals surface area contributed by atoms with Crippen LogP contribution in [0, 0.1) is 18.3 Å². The van der Waals surface area contributed by atoms with Gasteiger partial charge in [-0.3, -0.25) is 0 Å². The maximum Gasteiger partial charge on any atom is 0.176 e. The van der Waals surface area contributed by atoms with E-state index in [9.17, 15) is 0 Å². The lowest BCUT2D eigenvalue weighted by Gasteiger charge is -2.20. The summed E-state index contributed by atoms with van der Waals surface area (Å²) in [4.78, 5) is 2.27. The number of aryl methyl sites for hydroxylation is 1. The van der Waals surface area contributed by atoms with Crippen molar-refractivity contribution in [2.45, 2.75) is 20.8 Å². The Bertz CT molecular complexity index is 662. The van der Waals surface area contributed by atoms with Crippen molar-refractivity contribution in [3.63, 3.8) is 0 Å². The number of nitrogens with zero attached hydrogens (tertiary/aromatic N) is 5. The van der Waals surface area contributed by atoms with Crippen molar-refractivity contribution in [1.29, 1.82) is 5.26 Å². The highest BCUT2D eigenvalue weighted by molar-refractivity contribution is 7.10. The van der Waals surface area contributed by atoms with Gasteiger partial charge in [-0.25, -0.2) is 0 Å². The van der Waals surface area contributed by atoms with Crippen molar-refractivity contribution in [2.75, 3.05) is 18.0 Å². The molecule has 0 unspecified atom stereocenters. The van der Waals surface area contributed by atoms with E-state index in [4.69, 9.17) is 5.26 Å². The first-order valence-corrected chi connectivity index (χ1v) is 7.60. The fourth-order valence-corrected chi connectivity index (χ4v) is 2.65. The third-order valence-electron chi connectivity index (χ3n) is 3.19. The SMILES string of the molecule is CCN(CC)c1ccc(/N=N/c2snc(C)c2C#N)cc1. The monoisotopic (exact) mass is 299 g/mol. The number of aromatic nitrogens is 1. The zero-order valence-electron chi connectivity index (χ0n) is 12.4. The van der Waals surface area contributed by atoms with Gasteiger partial charge in [0.2, 0.25) is 0 Å². The van der Waals surface area contributed by atoms with Crippen molar-refractivity contribution in [1.82, 2.24) is 4.37 Å². The molecule has 0 fully saturated rings. The van der Waals surface area contributed by atoms with Gasteiger partial charge < -0.3 is 4.90 Å². The minimum atomic E-state index is 0.503. The summed E-state index contributed by atoms with van der Waals surface area (Å²) in [7, 11) is 0. The standard InChI is InChI=1S/C15H17N5S/c1-4-20(5-2)13-8-6-12(7-9-13)17-18-15-14(10-16)11(3)19-21-15/h6-9H,4-5H2,1-3H3/b18-17+. The van der Waals surface area contributed by atoms with Crippen LogP contribution in [0.3, 0.4) is 0 Å². The number of benzene rings is 1. The molecule has 0 radical (unpaired) electrons. The first-order valence-electron chi connectivity index (χ1n) is 6.82. The molecule has 0 aliphatic heterocycles. The quantitative estimate of drug-likeness (QED) is 0.759. The maximum absolute atomic E-state index is 9.05. The van der Waals surface area contributed by atoms with Gasteiger partial charge >= 0.3 is 0 Å². The minimum absolute atomic E-state index is 0.503. The Labute approximate surface area is 128 Å². The van der Waals surface area contributed by atoms with E-state index in [0.717, 1.165) is 18.8 Å². The molecule has 5 nitrogen and oxygen atoms in total. The normalized spacial score (nSPS) is 10.8. The predicted octanol–water partition coefficient (Wildman–Crippen LogP) is 4.58. The van der Waals surface area contributed by atoms with Crippen LogP contribution in [0.1, 0.15) is 25.1 Å². The zero-order valence-corrected chi connectivity index (χ0v) is 13.2. The van der Waals surface area contributed by atoms with Gasteiger partial charge in [-0.1, -0.05) is 0 Å². The summed E-state index contributed by atoms with van der Waals surface area (Å²) in [5.74, 6) is 0. The highest BCUT2D eigenvalue weighted by atomic mass is 32.1. The maximum atomic E-state index is 9.05. The molecule has 0 bridgehead atoms. The van der Waals surface area contributed by atoms with Gasteiger partial charge in [-0.15, -0.1) is 10.2 Å². The molecule has 0 spiro atoms. The molecule has 21 heavy (non-hydrogen) atoms. The fraction of sp³-hybridized carbons (Fsp3) is 0.333. The molecule has 1 aromatic carbocycles. The molecule has 0 atom stereocenters. The van der Waals surface area contributed by atoms with Gasteiger partial charge in [0.15, 0.2) is 5.00 Å². The van der Waals surface area contributed by atoms with Gasteiger partial charge in [0.05, 0.1) is 11.4 Å². The zero-order chi connectivity index (χ0) is 15.2. The summed E-state index contributed by atoms with van der Waals surface area (Å²) in [6.07, 6.45) is 0. The number of anilines is 1. The number of nitriles is 1. The highest BCUT2D eigenvalue weighted by Gasteiger charge is 2.09. The second kappa shape index (κ2) is 6.95. The van der Waals surface area contributed by atoms with Gasteiger partial charge in [-0.05, 0) is 56.6 Å². The molecule has 1 heterocycles. The fourth-order valence-electron chi connectivity index (χ4n) is 1.98. The molecule has 0 saturated heterocycles. The Morgan fingerprint density at radius 2 is 1.86 bits per heavy atom. The lowest BCUT2D eigenvalue weighted by atomic mass is 10.2. The molecule has 0 N–H and O–H groups in total. The first kappa shape index (κ1) is 15.1. The van der Waals surface area contributed by atoms with Gasteiger partial charge in [0.1, 0.15) is 11.6 Å². The van der Waals surface area contributed by atoms with Crippen molar-refractivity contribution in [3.05, 3.63) is 35.5 Å². The molecule has 6 heteroatoms. The molecule has 0 aliphatic rings. The van der Waals surface area contributed by atoms with Crippen LogP contribution >= 0.6 is 11.5 Å². The summed E-state index contributed by atoms with van der Waals surface area (Å²) in [6.45, 7) is 8.01. The second-order valence-electron chi connectivity index (χ2n) is 4.45. The number of hydrogen-bond acceptors (Lipinski definition) is 6. The van der Waals surface area contributed by atoms with E-state index in [2.05, 4.69) is 39.4 Å². The molecular weight excluding hydrogens is 282 g/mol. The van der Waals surface area contributed by atoms with Crippen molar-refractivity contribution >= 4 is 27.9 Å². The minimum Gasteiger partial charge on any atom is -0.372 e. The van der Waals surface area contributed by atoms with Crippen LogP contribution in [0.4, 0.5) is 16.4 Å². The predicted molar refractivity (Wildman–Crippen MR) is 85.7 cm³/mol. The molecule has 1 aromatic heterocycles. The summed E-state index contributed by atoms with van der Waals surface area (Å²) >= 11 is 1.19. The molecule has 0 aliphatic carbocycles. The van der Waals surface area contributed by atoms with E-state index in [1.807, 2.05) is 24.3 Å².